The maximum atomic E-state index is 4.84. The Morgan fingerprint density at radius 2 is 1.96 bits per heavy atom. The zero-order valence-electron chi connectivity index (χ0n) is 14.8. The number of hydrogen-bond acceptors (Lipinski definition) is 6. The largest absolute Gasteiger partial charge is 0.300 e. The van der Waals surface area contributed by atoms with E-state index < -0.39 is 0 Å². The molecular weight excluding hydrogens is 336 g/mol. The molecule has 2 N–H and O–H groups in total. The zero-order chi connectivity index (χ0) is 18.2. The minimum absolute atomic E-state index is 0.688. The molecule has 1 aromatic carbocycles. The molecule has 0 aliphatic carbocycles. The second-order valence-electron chi connectivity index (χ2n) is 6.61. The summed E-state index contributed by atoms with van der Waals surface area (Å²) in [4.78, 5) is 13.6. The fourth-order valence-corrected chi connectivity index (χ4v) is 3.23. The number of anilines is 2. The molecule has 0 spiro atoms. The molecule has 0 atom stereocenters. The summed E-state index contributed by atoms with van der Waals surface area (Å²) < 4.78 is 0. The van der Waals surface area contributed by atoms with E-state index in [0.717, 1.165) is 39.4 Å². The molecule has 3 aromatic heterocycles. The Bertz CT molecular complexity index is 1120. The van der Waals surface area contributed by atoms with Crippen molar-refractivity contribution < 1.29 is 0 Å². The Labute approximate surface area is 156 Å². The number of hydrogen-bond donors (Lipinski definition) is 2. The predicted octanol–water partition coefficient (Wildman–Crippen LogP) is 3.85. The Hall–Kier alpha value is -3.51. The Kier molecular flexibility index (Phi) is 3.69. The third-order valence-electron chi connectivity index (χ3n) is 4.67. The second kappa shape index (κ2) is 6.34. The molecule has 0 bridgehead atoms. The van der Waals surface area contributed by atoms with E-state index in [1.165, 1.54) is 5.56 Å². The lowest BCUT2D eigenvalue weighted by molar-refractivity contribution is 0.718. The van der Waals surface area contributed by atoms with Gasteiger partial charge < -0.3 is 5.43 Å². The maximum Gasteiger partial charge on any atom is 0.170 e. The van der Waals surface area contributed by atoms with Crippen molar-refractivity contribution in [3.63, 3.8) is 0 Å². The highest BCUT2D eigenvalue weighted by molar-refractivity contribution is 5.79. The van der Waals surface area contributed by atoms with Crippen LogP contribution in [0.25, 0.3) is 22.2 Å². The molecule has 0 radical (unpaired) electrons. The Morgan fingerprint density at radius 1 is 1.00 bits per heavy atom. The number of pyridine rings is 3. The average molecular weight is 354 g/mol. The van der Waals surface area contributed by atoms with Crippen molar-refractivity contribution in [3.05, 3.63) is 78.2 Å². The highest BCUT2D eigenvalue weighted by atomic mass is 15.7. The Balaban J connectivity index is 1.46. The number of aryl methyl sites for hydroxylation is 1. The normalized spacial score (nSPS) is 12.9. The van der Waals surface area contributed by atoms with Crippen molar-refractivity contribution in [2.75, 3.05) is 10.4 Å². The summed E-state index contributed by atoms with van der Waals surface area (Å²) in [5, 5.41) is 3.15. The van der Waals surface area contributed by atoms with E-state index in [4.69, 9.17) is 4.98 Å². The molecule has 6 heteroatoms. The zero-order valence-corrected chi connectivity index (χ0v) is 14.8. The molecule has 0 saturated heterocycles. The standard InChI is InChI=1S/C21H18N6/c1-14-4-6-17(12-23-14)19-8-9-20-21(24-19)27(26-25-20)13-15-5-7-18-16(11-15)3-2-10-22-18/h2-12,25-26H,13H2,1H3. The second-order valence-corrected chi connectivity index (χ2v) is 6.61. The molecule has 5 rings (SSSR count). The van der Waals surface area contributed by atoms with Gasteiger partial charge in [-0.1, -0.05) is 12.1 Å². The molecule has 6 nitrogen and oxygen atoms in total. The number of nitrogens with one attached hydrogen (secondary N) is 2. The third kappa shape index (κ3) is 2.96. The van der Waals surface area contributed by atoms with Gasteiger partial charge in [0.2, 0.25) is 0 Å². The fraction of sp³-hybridized carbons (Fsp3) is 0.0952. The Morgan fingerprint density at radius 3 is 2.85 bits per heavy atom. The molecule has 0 saturated carbocycles. The average Bonchev–Trinajstić information content (AvgIpc) is 3.10. The minimum Gasteiger partial charge on any atom is -0.300 e. The van der Waals surface area contributed by atoms with E-state index in [1.54, 1.807) is 0 Å². The van der Waals surface area contributed by atoms with Crippen molar-refractivity contribution in [3.8, 4) is 11.3 Å². The summed E-state index contributed by atoms with van der Waals surface area (Å²) in [7, 11) is 0. The summed E-state index contributed by atoms with van der Waals surface area (Å²) in [6.07, 6.45) is 3.68. The molecule has 27 heavy (non-hydrogen) atoms. The lowest BCUT2D eigenvalue weighted by Gasteiger charge is -2.17. The van der Waals surface area contributed by atoms with E-state index in [0.29, 0.717) is 6.54 Å². The molecule has 4 aromatic rings. The molecular formula is C21H18N6. The molecule has 0 unspecified atom stereocenters. The summed E-state index contributed by atoms with van der Waals surface area (Å²) in [6, 6.07) is 18.4. The molecule has 1 aliphatic heterocycles. The van der Waals surface area contributed by atoms with Gasteiger partial charge in [-0.2, -0.15) is 0 Å². The first-order valence-corrected chi connectivity index (χ1v) is 8.83. The molecule has 132 valence electrons. The molecule has 1 aliphatic rings. The van der Waals surface area contributed by atoms with Gasteiger partial charge in [0.05, 0.1) is 23.4 Å². The van der Waals surface area contributed by atoms with Crippen LogP contribution in [0.5, 0.6) is 0 Å². The van der Waals surface area contributed by atoms with Crippen LogP contribution in [0.3, 0.4) is 0 Å². The molecule has 0 amide bonds. The van der Waals surface area contributed by atoms with Gasteiger partial charge in [0.1, 0.15) is 0 Å². The highest BCUT2D eigenvalue weighted by Crippen LogP contribution is 2.31. The van der Waals surface area contributed by atoms with Crippen molar-refractivity contribution in [2.45, 2.75) is 13.5 Å². The molecule has 4 heterocycles. The lowest BCUT2D eigenvalue weighted by Crippen LogP contribution is -2.35. The lowest BCUT2D eigenvalue weighted by atomic mass is 10.1. The van der Waals surface area contributed by atoms with E-state index in [9.17, 15) is 0 Å². The van der Waals surface area contributed by atoms with Gasteiger partial charge in [-0.25, -0.2) is 4.98 Å². The SMILES string of the molecule is Cc1ccc(-c2ccc3c(n2)N(Cc2ccc4ncccc4c2)NN3)cn1. The predicted molar refractivity (Wildman–Crippen MR) is 107 cm³/mol. The minimum atomic E-state index is 0.688. The van der Waals surface area contributed by atoms with Crippen LogP contribution >= 0.6 is 0 Å². The number of rotatable bonds is 3. The van der Waals surface area contributed by atoms with Crippen molar-refractivity contribution in [2.24, 2.45) is 0 Å². The monoisotopic (exact) mass is 354 g/mol. The number of fused-ring (bicyclic) bond motifs is 2. The fourth-order valence-electron chi connectivity index (χ4n) is 3.23. The van der Waals surface area contributed by atoms with Gasteiger partial charge in [-0.05, 0) is 55.0 Å². The van der Waals surface area contributed by atoms with Crippen LogP contribution in [0.4, 0.5) is 11.5 Å². The smallest absolute Gasteiger partial charge is 0.170 e. The summed E-state index contributed by atoms with van der Waals surface area (Å²) >= 11 is 0. The first-order valence-electron chi connectivity index (χ1n) is 8.83. The van der Waals surface area contributed by atoms with Gasteiger partial charge in [-0.15, -0.1) is 5.53 Å². The van der Waals surface area contributed by atoms with E-state index in [1.807, 2.05) is 54.7 Å². The first kappa shape index (κ1) is 15.7. The number of benzene rings is 1. The van der Waals surface area contributed by atoms with Crippen molar-refractivity contribution in [1.82, 2.24) is 20.5 Å². The maximum absolute atomic E-state index is 4.84. The highest BCUT2D eigenvalue weighted by Gasteiger charge is 2.21. The van der Waals surface area contributed by atoms with Crippen LogP contribution in [0.2, 0.25) is 0 Å². The van der Waals surface area contributed by atoms with Crippen LogP contribution in [-0.4, -0.2) is 15.0 Å². The summed E-state index contributed by atoms with van der Waals surface area (Å²) in [5.74, 6) is 0.874. The van der Waals surface area contributed by atoms with Crippen LogP contribution in [0.1, 0.15) is 11.3 Å². The first-order chi connectivity index (χ1) is 13.3. The molecule has 0 fully saturated rings. The van der Waals surface area contributed by atoms with Crippen molar-refractivity contribution >= 4 is 22.4 Å². The van der Waals surface area contributed by atoms with Crippen LogP contribution in [0.15, 0.2) is 67.0 Å². The topological polar surface area (TPSA) is 66.0 Å². The number of aromatic nitrogens is 3. The van der Waals surface area contributed by atoms with Gasteiger partial charge in [-0.3, -0.25) is 15.0 Å². The van der Waals surface area contributed by atoms with Gasteiger partial charge in [0.25, 0.3) is 0 Å². The van der Waals surface area contributed by atoms with E-state index in [-0.39, 0.29) is 0 Å². The van der Waals surface area contributed by atoms with Crippen LogP contribution < -0.4 is 16.0 Å². The third-order valence-corrected chi connectivity index (χ3v) is 4.67. The van der Waals surface area contributed by atoms with E-state index >= 15 is 0 Å². The van der Waals surface area contributed by atoms with Crippen LogP contribution in [-0.2, 0) is 6.54 Å². The van der Waals surface area contributed by atoms with Crippen LogP contribution in [0, 0.1) is 6.92 Å². The quantitative estimate of drug-likeness (QED) is 0.582. The number of nitrogens with zero attached hydrogens (tertiary/aromatic N) is 4. The van der Waals surface area contributed by atoms with E-state index in [2.05, 4.69) is 45.2 Å². The summed E-state index contributed by atoms with van der Waals surface area (Å²) in [6.45, 7) is 2.67. The summed E-state index contributed by atoms with van der Waals surface area (Å²) in [5.41, 5.74) is 12.4. The van der Waals surface area contributed by atoms with Crippen molar-refractivity contribution in [1.29, 1.82) is 0 Å². The van der Waals surface area contributed by atoms with Gasteiger partial charge in [0, 0.05) is 29.0 Å². The number of hydrazine groups is 2. The van der Waals surface area contributed by atoms with Gasteiger partial charge >= 0.3 is 0 Å². The van der Waals surface area contributed by atoms with Gasteiger partial charge in [0.15, 0.2) is 5.82 Å².